The van der Waals surface area contributed by atoms with Crippen LogP contribution in [-0.4, -0.2) is 24.2 Å². The molecule has 0 unspecified atom stereocenters. The predicted octanol–water partition coefficient (Wildman–Crippen LogP) is 3.47. The molecule has 5 heteroatoms. The van der Waals surface area contributed by atoms with Crippen molar-refractivity contribution in [2.45, 2.75) is 19.4 Å². The van der Waals surface area contributed by atoms with E-state index in [1.807, 2.05) is 12.1 Å². The first-order valence-corrected chi connectivity index (χ1v) is 7.56. The molecular formula is C18H20FNO3. The van der Waals surface area contributed by atoms with E-state index < -0.39 is 5.97 Å². The first-order chi connectivity index (χ1) is 11.1. The number of benzene rings is 2. The number of hydrogen-bond acceptors (Lipinski definition) is 3. The number of halogens is 1. The van der Waals surface area contributed by atoms with Crippen LogP contribution in [0.25, 0.3) is 0 Å². The number of carboxylic acids is 1. The van der Waals surface area contributed by atoms with E-state index in [-0.39, 0.29) is 5.82 Å². The van der Waals surface area contributed by atoms with Crippen LogP contribution in [0.2, 0.25) is 0 Å². The van der Waals surface area contributed by atoms with Gasteiger partial charge in [-0.1, -0.05) is 12.1 Å². The van der Waals surface area contributed by atoms with Gasteiger partial charge >= 0.3 is 5.97 Å². The van der Waals surface area contributed by atoms with Crippen molar-refractivity contribution in [2.75, 3.05) is 13.2 Å². The maximum Gasteiger partial charge on any atom is 0.335 e. The van der Waals surface area contributed by atoms with Gasteiger partial charge in [-0.3, -0.25) is 0 Å². The van der Waals surface area contributed by atoms with Crippen LogP contribution in [0.4, 0.5) is 4.39 Å². The summed E-state index contributed by atoms with van der Waals surface area (Å²) in [5.74, 6) is -0.499. The number of ether oxygens (including phenoxy) is 1. The second kappa shape index (κ2) is 8.90. The summed E-state index contributed by atoms with van der Waals surface area (Å²) in [5.41, 5.74) is 1.35. The molecule has 23 heavy (non-hydrogen) atoms. The molecular weight excluding hydrogens is 297 g/mol. The maximum absolute atomic E-state index is 12.7. The van der Waals surface area contributed by atoms with E-state index in [9.17, 15) is 9.18 Å². The number of nitrogens with one attached hydrogen (secondary N) is 1. The summed E-state index contributed by atoms with van der Waals surface area (Å²) in [6.07, 6.45) is 1.87. The normalized spacial score (nSPS) is 10.5. The number of rotatable bonds is 9. The zero-order valence-corrected chi connectivity index (χ0v) is 12.8. The van der Waals surface area contributed by atoms with Crippen LogP contribution < -0.4 is 10.1 Å². The topological polar surface area (TPSA) is 58.6 Å². The van der Waals surface area contributed by atoms with E-state index in [0.717, 1.165) is 24.9 Å². The lowest BCUT2D eigenvalue weighted by molar-refractivity contribution is 0.0697. The monoisotopic (exact) mass is 317 g/mol. The van der Waals surface area contributed by atoms with Gasteiger partial charge in [0.25, 0.3) is 0 Å². The Bertz CT molecular complexity index is 611. The van der Waals surface area contributed by atoms with Crippen LogP contribution in [0, 0.1) is 5.82 Å². The van der Waals surface area contributed by atoms with Crippen molar-refractivity contribution in [1.29, 1.82) is 0 Å². The average Bonchev–Trinajstić information content (AvgIpc) is 2.56. The van der Waals surface area contributed by atoms with Crippen LogP contribution in [0.1, 0.15) is 28.8 Å². The van der Waals surface area contributed by atoms with E-state index >= 15 is 0 Å². The van der Waals surface area contributed by atoms with Crippen LogP contribution >= 0.6 is 0 Å². The molecule has 0 amide bonds. The largest absolute Gasteiger partial charge is 0.494 e. The van der Waals surface area contributed by atoms with Gasteiger partial charge in [0.15, 0.2) is 0 Å². The molecule has 2 aromatic rings. The molecule has 2 rings (SSSR count). The molecule has 0 bridgehead atoms. The van der Waals surface area contributed by atoms with Crippen molar-refractivity contribution in [3.05, 3.63) is 65.5 Å². The Balaban J connectivity index is 1.55. The summed E-state index contributed by atoms with van der Waals surface area (Å²) in [7, 11) is 0. The lowest BCUT2D eigenvalue weighted by Crippen LogP contribution is -2.15. The summed E-state index contributed by atoms with van der Waals surface area (Å²) in [6.45, 7) is 2.16. The summed E-state index contributed by atoms with van der Waals surface area (Å²) in [4.78, 5) is 10.7. The Hall–Kier alpha value is -2.40. The fraction of sp³-hybridized carbons (Fsp3) is 0.278. The van der Waals surface area contributed by atoms with Gasteiger partial charge in [0.1, 0.15) is 11.6 Å². The molecule has 4 nitrogen and oxygen atoms in total. The highest BCUT2D eigenvalue weighted by molar-refractivity contribution is 5.87. The Kier molecular flexibility index (Phi) is 6.56. The number of unbranched alkanes of at least 4 members (excludes halogenated alkanes) is 1. The fourth-order valence-electron chi connectivity index (χ4n) is 2.07. The van der Waals surface area contributed by atoms with Gasteiger partial charge < -0.3 is 15.2 Å². The minimum atomic E-state index is -0.911. The van der Waals surface area contributed by atoms with Crippen LogP contribution in [0.5, 0.6) is 5.75 Å². The highest BCUT2D eigenvalue weighted by Crippen LogP contribution is 2.11. The second-order valence-corrected chi connectivity index (χ2v) is 5.19. The third-order valence-corrected chi connectivity index (χ3v) is 3.36. The molecule has 0 heterocycles. The molecule has 122 valence electrons. The Labute approximate surface area is 134 Å². The Morgan fingerprint density at radius 2 is 1.74 bits per heavy atom. The molecule has 0 aromatic heterocycles. The number of aromatic carboxylic acids is 1. The van der Waals surface area contributed by atoms with Gasteiger partial charge in [-0.25, -0.2) is 9.18 Å². The zero-order chi connectivity index (χ0) is 16.5. The molecule has 2 aromatic carbocycles. The summed E-state index contributed by atoms with van der Waals surface area (Å²) in [6, 6.07) is 12.8. The van der Waals surface area contributed by atoms with Gasteiger partial charge in [0, 0.05) is 6.54 Å². The smallest absolute Gasteiger partial charge is 0.335 e. The molecule has 0 aliphatic heterocycles. The maximum atomic E-state index is 12.7. The lowest BCUT2D eigenvalue weighted by Gasteiger charge is -2.07. The van der Waals surface area contributed by atoms with Crippen molar-refractivity contribution >= 4 is 5.97 Å². The zero-order valence-electron chi connectivity index (χ0n) is 12.8. The standard InChI is InChI=1S/C18H20FNO3/c19-16-7-9-17(10-8-16)23-12-2-1-11-20-13-14-3-5-15(6-4-14)18(21)22/h3-10,20H,1-2,11-13H2,(H,21,22). The SMILES string of the molecule is O=C(O)c1ccc(CNCCCCOc2ccc(F)cc2)cc1. The van der Waals surface area contributed by atoms with Crippen LogP contribution in [0.15, 0.2) is 48.5 Å². The summed E-state index contributed by atoms with van der Waals surface area (Å²) in [5, 5.41) is 12.1. The van der Waals surface area contributed by atoms with Gasteiger partial charge in [0.2, 0.25) is 0 Å². The molecule has 0 fully saturated rings. The summed E-state index contributed by atoms with van der Waals surface area (Å²) < 4.78 is 18.2. The highest BCUT2D eigenvalue weighted by atomic mass is 19.1. The molecule has 0 radical (unpaired) electrons. The minimum Gasteiger partial charge on any atom is -0.494 e. The van der Waals surface area contributed by atoms with E-state index in [1.165, 1.54) is 12.1 Å². The van der Waals surface area contributed by atoms with E-state index in [1.54, 1.807) is 24.3 Å². The van der Waals surface area contributed by atoms with Gasteiger partial charge in [-0.15, -0.1) is 0 Å². The van der Waals surface area contributed by atoms with E-state index in [0.29, 0.717) is 24.5 Å². The second-order valence-electron chi connectivity index (χ2n) is 5.19. The average molecular weight is 317 g/mol. The molecule has 0 aliphatic rings. The Morgan fingerprint density at radius 3 is 2.39 bits per heavy atom. The predicted molar refractivity (Wildman–Crippen MR) is 86.2 cm³/mol. The van der Waals surface area contributed by atoms with Gasteiger partial charge in [-0.2, -0.15) is 0 Å². The van der Waals surface area contributed by atoms with Crippen molar-refractivity contribution in [3.63, 3.8) is 0 Å². The molecule has 0 spiro atoms. The molecule has 0 atom stereocenters. The molecule has 0 saturated heterocycles. The van der Waals surface area contributed by atoms with Crippen molar-refractivity contribution in [1.82, 2.24) is 5.32 Å². The number of carbonyl (C=O) groups is 1. The first-order valence-electron chi connectivity index (χ1n) is 7.56. The van der Waals surface area contributed by atoms with E-state index in [4.69, 9.17) is 9.84 Å². The van der Waals surface area contributed by atoms with Gasteiger partial charge in [0.05, 0.1) is 12.2 Å². The quantitative estimate of drug-likeness (QED) is 0.695. The van der Waals surface area contributed by atoms with Crippen LogP contribution in [-0.2, 0) is 6.54 Å². The summed E-state index contributed by atoms with van der Waals surface area (Å²) >= 11 is 0. The Morgan fingerprint density at radius 1 is 1.04 bits per heavy atom. The molecule has 2 N–H and O–H groups in total. The van der Waals surface area contributed by atoms with Crippen molar-refractivity contribution in [3.8, 4) is 5.75 Å². The van der Waals surface area contributed by atoms with E-state index in [2.05, 4.69) is 5.32 Å². The highest BCUT2D eigenvalue weighted by Gasteiger charge is 2.01. The van der Waals surface area contributed by atoms with Crippen molar-refractivity contribution < 1.29 is 19.0 Å². The fourth-order valence-corrected chi connectivity index (χ4v) is 2.07. The lowest BCUT2D eigenvalue weighted by atomic mass is 10.1. The third kappa shape index (κ3) is 6.08. The molecule has 0 aliphatic carbocycles. The molecule has 0 saturated carbocycles. The van der Waals surface area contributed by atoms with Crippen molar-refractivity contribution in [2.24, 2.45) is 0 Å². The van der Waals surface area contributed by atoms with Gasteiger partial charge in [-0.05, 0) is 61.3 Å². The minimum absolute atomic E-state index is 0.266. The number of hydrogen-bond donors (Lipinski definition) is 2. The first kappa shape index (κ1) is 17.0. The number of carboxylic acid groups (broad SMARTS) is 1. The third-order valence-electron chi connectivity index (χ3n) is 3.36. The van der Waals surface area contributed by atoms with Crippen LogP contribution in [0.3, 0.4) is 0 Å².